The lowest BCUT2D eigenvalue weighted by Crippen LogP contribution is -2.43. The highest BCUT2D eigenvalue weighted by Gasteiger charge is 2.44. The quantitative estimate of drug-likeness (QED) is 0.117. The number of carbonyl (C=O) groups excluding carboxylic acids is 2. The molecule has 0 radical (unpaired) electrons. The molecule has 3 aromatic carbocycles. The van der Waals surface area contributed by atoms with Gasteiger partial charge < -0.3 is 18.9 Å². The Bertz CT molecular complexity index is 1860. The highest BCUT2D eigenvalue weighted by molar-refractivity contribution is 9.10. The number of hydrogen-bond donors (Lipinski definition) is 1. The standard InChI is InChI=1S/C39H38BBrN2O4/c1-46-31-17-11-25(12-18-31)37(33-21-22-34(42-33)38(44)26-9-15-30(41)16-10-26)35-23-24-36(39(45)27-13-19-32(47-2)20-14-27)43(35)40-28-5-3-6-29(40)8-4-7-28/h9-24,28-29,37,42H,3-8H2,1-2H3. The Morgan fingerprint density at radius 3 is 1.87 bits per heavy atom. The van der Waals surface area contributed by atoms with Crippen LogP contribution in [0.4, 0.5) is 0 Å². The number of ketones is 2. The Hall–Kier alpha value is -4.30. The van der Waals surface area contributed by atoms with E-state index < -0.39 is 0 Å². The zero-order chi connectivity index (χ0) is 32.5. The first kappa shape index (κ1) is 31.3. The van der Waals surface area contributed by atoms with E-state index in [4.69, 9.17) is 9.47 Å². The monoisotopic (exact) mass is 688 g/mol. The summed E-state index contributed by atoms with van der Waals surface area (Å²) in [5.74, 6) is 2.24. The number of methoxy groups -OCH3 is 2. The fraction of sp³-hybridized carbons (Fsp3) is 0.282. The lowest BCUT2D eigenvalue weighted by molar-refractivity contribution is 0.102. The summed E-state index contributed by atoms with van der Waals surface area (Å²) in [6.07, 6.45) is 7.19. The third kappa shape index (κ3) is 6.11. The number of nitrogens with zero attached hydrogens (tertiary/aromatic N) is 1. The van der Waals surface area contributed by atoms with Gasteiger partial charge in [0.15, 0.2) is 0 Å². The summed E-state index contributed by atoms with van der Waals surface area (Å²) < 4.78 is 14.2. The minimum atomic E-state index is -0.243. The zero-order valence-corrected chi connectivity index (χ0v) is 28.3. The fourth-order valence-corrected chi connectivity index (χ4v) is 8.21. The van der Waals surface area contributed by atoms with Crippen LogP contribution in [0.5, 0.6) is 11.5 Å². The predicted octanol–water partition coefficient (Wildman–Crippen LogP) is 9.19. The molecule has 2 bridgehead atoms. The molecule has 0 saturated carbocycles. The van der Waals surface area contributed by atoms with Crippen molar-refractivity contribution in [3.8, 4) is 11.5 Å². The van der Waals surface area contributed by atoms with E-state index in [9.17, 15) is 9.59 Å². The maximum atomic E-state index is 14.4. The van der Waals surface area contributed by atoms with Crippen molar-refractivity contribution < 1.29 is 19.1 Å². The van der Waals surface area contributed by atoms with Crippen LogP contribution in [-0.2, 0) is 0 Å². The van der Waals surface area contributed by atoms with Crippen LogP contribution in [0.1, 0.15) is 93.5 Å². The van der Waals surface area contributed by atoms with E-state index >= 15 is 0 Å². The van der Waals surface area contributed by atoms with Gasteiger partial charge in [-0.25, -0.2) is 0 Å². The number of aromatic amines is 1. The highest BCUT2D eigenvalue weighted by atomic mass is 79.9. The van der Waals surface area contributed by atoms with Gasteiger partial charge in [-0.2, -0.15) is 0 Å². The SMILES string of the molecule is COc1ccc(C(=O)c2ccc(C(c3ccc(OC)cc3)c3ccc(C(=O)c4ccc(Br)cc4)[nH]3)n2B2C3CCCC2CCC3)cc1. The molecule has 47 heavy (non-hydrogen) atoms. The summed E-state index contributed by atoms with van der Waals surface area (Å²) in [4.78, 5) is 31.4. The fourth-order valence-electron chi connectivity index (χ4n) is 7.95. The summed E-state index contributed by atoms with van der Waals surface area (Å²) >= 11 is 3.47. The van der Waals surface area contributed by atoms with Gasteiger partial charge in [0.2, 0.25) is 11.6 Å². The molecule has 2 aromatic heterocycles. The van der Waals surface area contributed by atoms with Crippen molar-refractivity contribution in [1.82, 2.24) is 9.46 Å². The van der Waals surface area contributed by atoms with Crippen molar-refractivity contribution >= 4 is 34.3 Å². The number of carbonyl (C=O) groups is 2. The third-order valence-electron chi connectivity index (χ3n) is 10.2. The first-order chi connectivity index (χ1) is 22.9. The molecule has 0 spiro atoms. The van der Waals surface area contributed by atoms with E-state index in [0.29, 0.717) is 34.1 Å². The van der Waals surface area contributed by atoms with Gasteiger partial charge in [0.05, 0.1) is 31.5 Å². The van der Waals surface area contributed by atoms with Crippen molar-refractivity contribution in [2.75, 3.05) is 14.2 Å². The van der Waals surface area contributed by atoms with Gasteiger partial charge in [-0.1, -0.05) is 66.6 Å². The minimum absolute atomic E-state index is 0.00798. The lowest BCUT2D eigenvalue weighted by Gasteiger charge is -2.42. The van der Waals surface area contributed by atoms with E-state index in [2.05, 4.69) is 43.6 Å². The molecule has 1 unspecified atom stereocenters. The largest absolute Gasteiger partial charge is 0.497 e. The summed E-state index contributed by atoms with van der Waals surface area (Å²) in [5, 5.41) is 0. The molecule has 1 N–H and O–H groups in total. The number of ether oxygens (including phenoxy) is 2. The Balaban J connectivity index is 1.38. The first-order valence-corrected chi connectivity index (χ1v) is 17.3. The first-order valence-electron chi connectivity index (χ1n) is 16.5. The van der Waals surface area contributed by atoms with Gasteiger partial charge in [0.25, 0.3) is 6.85 Å². The Labute approximate surface area is 284 Å². The van der Waals surface area contributed by atoms with Crippen LogP contribution in [0.3, 0.4) is 0 Å². The minimum Gasteiger partial charge on any atom is -0.497 e. The van der Waals surface area contributed by atoms with Crippen LogP contribution in [0.2, 0.25) is 11.6 Å². The van der Waals surface area contributed by atoms with E-state index in [1.54, 1.807) is 14.2 Å². The summed E-state index contributed by atoms with van der Waals surface area (Å²) in [7, 11) is 3.30. The Kier molecular flexibility index (Phi) is 8.95. The highest BCUT2D eigenvalue weighted by Crippen LogP contribution is 2.49. The lowest BCUT2D eigenvalue weighted by atomic mass is 9.34. The van der Waals surface area contributed by atoms with Crippen LogP contribution in [0.25, 0.3) is 0 Å². The number of benzene rings is 3. The average molecular weight is 689 g/mol. The molecular weight excluding hydrogens is 651 g/mol. The van der Waals surface area contributed by atoms with Gasteiger partial charge >= 0.3 is 0 Å². The Morgan fingerprint density at radius 2 is 1.28 bits per heavy atom. The second kappa shape index (κ2) is 13.4. The van der Waals surface area contributed by atoms with Gasteiger partial charge in [0.1, 0.15) is 11.5 Å². The smallest absolute Gasteiger partial charge is 0.266 e. The normalized spacial score (nSPS) is 18.1. The van der Waals surface area contributed by atoms with Crippen LogP contribution < -0.4 is 9.47 Å². The number of H-pyrrole nitrogens is 1. The molecule has 2 aliphatic rings. The maximum absolute atomic E-state index is 14.4. The average Bonchev–Trinajstić information content (AvgIpc) is 3.76. The molecule has 2 saturated heterocycles. The van der Waals surface area contributed by atoms with E-state index in [1.165, 1.54) is 38.5 Å². The number of hydrogen-bond acceptors (Lipinski definition) is 4. The van der Waals surface area contributed by atoms with E-state index in [1.807, 2.05) is 78.9 Å². The third-order valence-corrected chi connectivity index (χ3v) is 10.7. The van der Waals surface area contributed by atoms with E-state index in [0.717, 1.165) is 32.9 Å². The molecule has 0 aliphatic carbocycles. The van der Waals surface area contributed by atoms with Gasteiger partial charge in [0, 0.05) is 27.0 Å². The molecule has 2 fully saturated rings. The number of aromatic nitrogens is 2. The van der Waals surface area contributed by atoms with Crippen LogP contribution in [-0.4, -0.2) is 42.1 Å². The van der Waals surface area contributed by atoms with Crippen molar-refractivity contribution in [2.24, 2.45) is 0 Å². The van der Waals surface area contributed by atoms with Crippen molar-refractivity contribution in [3.05, 3.63) is 141 Å². The summed E-state index contributed by atoms with van der Waals surface area (Å²) in [5.41, 5.74) is 5.52. The van der Waals surface area contributed by atoms with Crippen LogP contribution in [0.15, 0.2) is 102 Å². The molecule has 4 heterocycles. The second-order valence-electron chi connectivity index (χ2n) is 12.8. The van der Waals surface area contributed by atoms with Crippen LogP contribution >= 0.6 is 15.9 Å². The molecule has 238 valence electrons. The topological polar surface area (TPSA) is 73.3 Å². The molecule has 7 rings (SSSR count). The predicted molar refractivity (Wildman–Crippen MR) is 190 cm³/mol. The van der Waals surface area contributed by atoms with Gasteiger partial charge in [-0.15, -0.1) is 0 Å². The molecule has 5 aromatic rings. The van der Waals surface area contributed by atoms with Gasteiger partial charge in [-0.3, -0.25) is 9.59 Å². The van der Waals surface area contributed by atoms with Crippen molar-refractivity contribution in [1.29, 1.82) is 0 Å². The van der Waals surface area contributed by atoms with Crippen LogP contribution in [0, 0.1) is 0 Å². The molecule has 2 aliphatic heterocycles. The molecule has 8 heteroatoms. The number of rotatable bonds is 10. The number of nitrogens with one attached hydrogen (secondary N) is 1. The second-order valence-corrected chi connectivity index (χ2v) is 13.7. The maximum Gasteiger partial charge on any atom is 0.266 e. The van der Waals surface area contributed by atoms with Crippen molar-refractivity contribution in [2.45, 2.75) is 56.1 Å². The molecule has 0 amide bonds. The molecular formula is C39H38BBrN2O4. The van der Waals surface area contributed by atoms with Gasteiger partial charge in [-0.05, 0) is 102 Å². The number of fused-ring (bicyclic) bond motifs is 2. The van der Waals surface area contributed by atoms with E-state index in [-0.39, 0.29) is 24.3 Å². The summed E-state index contributed by atoms with van der Waals surface area (Å²) in [6, 6.07) is 31.0. The Morgan fingerprint density at radius 1 is 0.723 bits per heavy atom. The van der Waals surface area contributed by atoms with Crippen molar-refractivity contribution in [3.63, 3.8) is 0 Å². The molecule has 1 atom stereocenters. The molecule has 6 nitrogen and oxygen atoms in total. The zero-order valence-electron chi connectivity index (χ0n) is 26.7. The number of halogens is 1. The summed E-state index contributed by atoms with van der Waals surface area (Å²) in [6.45, 7) is 0.235.